The van der Waals surface area contributed by atoms with Crippen LogP contribution in [0.15, 0.2) is 18.2 Å². The van der Waals surface area contributed by atoms with Crippen LogP contribution in [0.2, 0.25) is 10.0 Å². The van der Waals surface area contributed by atoms with Crippen LogP contribution < -0.4 is 10.6 Å². The predicted octanol–water partition coefficient (Wildman–Crippen LogP) is 2.96. The number of nitrogens with one attached hydrogen (secondary N) is 2. The third kappa shape index (κ3) is 3.93. The quantitative estimate of drug-likeness (QED) is 0.748. The molecule has 4 nitrogen and oxygen atoms in total. The van der Waals surface area contributed by atoms with Crippen LogP contribution in [0, 0.1) is 5.41 Å². The van der Waals surface area contributed by atoms with Gasteiger partial charge in [-0.1, -0.05) is 36.2 Å². The topological polar surface area (TPSA) is 58.2 Å². The molecular formula is C16H20Cl2N2O2. The summed E-state index contributed by atoms with van der Waals surface area (Å²) < 4.78 is 0. The van der Waals surface area contributed by atoms with E-state index in [2.05, 4.69) is 10.6 Å². The fourth-order valence-corrected chi connectivity index (χ4v) is 2.80. The standard InChI is InChI=1S/C16H20Cl2N2O2/c1-2-8-19-14(21)16(6-7-16)15(22)20-9-5-11-3-4-12(17)10-13(11)18/h3-4,10H,2,5-9H2,1H3,(H,19,21)(H,20,22). The number of carbonyl (C=O) groups is 2. The Morgan fingerprint density at radius 3 is 2.32 bits per heavy atom. The summed E-state index contributed by atoms with van der Waals surface area (Å²) >= 11 is 11.9. The molecule has 0 atom stereocenters. The second-order valence-electron chi connectivity index (χ2n) is 5.58. The summed E-state index contributed by atoms with van der Waals surface area (Å²) in [5.41, 5.74) is 0.0746. The van der Waals surface area contributed by atoms with Crippen molar-refractivity contribution in [3.63, 3.8) is 0 Å². The van der Waals surface area contributed by atoms with Crippen LogP contribution in [-0.4, -0.2) is 24.9 Å². The Hall–Kier alpha value is -1.26. The Bertz CT molecular complexity index is 571. The molecule has 22 heavy (non-hydrogen) atoms. The summed E-state index contributed by atoms with van der Waals surface area (Å²) in [4.78, 5) is 24.3. The van der Waals surface area contributed by atoms with Gasteiger partial charge in [-0.15, -0.1) is 0 Å². The molecule has 6 heteroatoms. The summed E-state index contributed by atoms with van der Waals surface area (Å²) in [7, 11) is 0. The largest absolute Gasteiger partial charge is 0.355 e. The molecule has 2 amide bonds. The number of hydrogen-bond acceptors (Lipinski definition) is 2. The van der Waals surface area contributed by atoms with Crippen molar-refractivity contribution in [3.8, 4) is 0 Å². The van der Waals surface area contributed by atoms with E-state index in [1.165, 1.54) is 0 Å². The summed E-state index contributed by atoms with van der Waals surface area (Å²) in [5.74, 6) is -0.345. The Morgan fingerprint density at radius 1 is 1.14 bits per heavy atom. The first-order chi connectivity index (χ1) is 10.5. The minimum Gasteiger partial charge on any atom is -0.355 e. The van der Waals surface area contributed by atoms with Crippen LogP contribution in [-0.2, 0) is 16.0 Å². The van der Waals surface area contributed by atoms with E-state index in [1.54, 1.807) is 12.1 Å². The number of hydrogen-bond donors (Lipinski definition) is 2. The van der Waals surface area contributed by atoms with Crippen LogP contribution in [0.1, 0.15) is 31.7 Å². The van der Waals surface area contributed by atoms with E-state index in [1.807, 2.05) is 13.0 Å². The number of carbonyl (C=O) groups excluding carboxylic acids is 2. The number of benzene rings is 1. The first-order valence-corrected chi connectivity index (χ1v) is 8.26. The molecule has 0 radical (unpaired) electrons. The lowest BCUT2D eigenvalue weighted by atomic mass is 10.0. The minimum atomic E-state index is -0.848. The van der Waals surface area contributed by atoms with Crippen LogP contribution in [0.5, 0.6) is 0 Å². The lowest BCUT2D eigenvalue weighted by molar-refractivity contribution is -0.137. The molecule has 1 aromatic carbocycles. The third-order valence-corrected chi connectivity index (χ3v) is 4.44. The first kappa shape index (κ1) is 17.1. The van der Waals surface area contributed by atoms with Crippen molar-refractivity contribution in [2.75, 3.05) is 13.1 Å². The van der Waals surface area contributed by atoms with Crippen LogP contribution in [0.4, 0.5) is 0 Å². The maximum atomic E-state index is 12.2. The van der Waals surface area contributed by atoms with Crippen molar-refractivity contribution in [3.05, 3.63) is 33.8 Å². The highest BCUT2D eigenvalue weighted by molar-refractivity contribution is 6.35. The summed E-state index contributed by atoms with van der Waals surface area (Å²) in [6.45, 7) is 3.03. The Morgan fingerprint density at radius 2 is 1.77 bits per heavy atom. The van der Waals surface area contributed by atoms with Crippen molar-refractivity contribution in [2.24, 2.45) is 5.41 Å². The zero-order valence-corrected chi connectivity index (χ0v) is 14.1. The Kier molecular flexibility index (Phi) is 5.70. The lowest BCUT2D eigenvalue weighted by Crippen LogP contribution is -2.43. The van der Waals surface area contributed by atoms with E-state index >= 15 is 0 Å². The Balaban J connectivity index is 1.84. The van der Waals surface area contributed by atoms with Gasteiger partial charge in [-0.25, -0.2) is 0 Å². The molecule has 120 valence electrons. The van der Waals surface area contributed by atoms with Crippen LogP contribution in [0.3, 0.4) is 0 Å². The van der Waals surface area contributed by atoms with Gasteiger partial charge >= 0.3 is 0 Å². The van der Waals surface area contributed by atoms with E-state index in [-0.39, 0.29) is 11.8 Å². The molecule has 2 N–H and O–H groups in total. The van der Waals surface area contributed by atoms with E-state index in [4.69, 9.17) is 23.2 Å². The predicted molar refractivity (Wildman–Crippen MR) is 88.1 cm³/mol. The summed E-state index contributed by atoms with van der Waals surface area (Å²) in [6.07, 6.45) is 2.71. The van der Waals surface area contributed by atoms with E-state index < -0.39 is 5.41 Å². The SMILES string of the molecule is CCCNC(=O)C1(C(=O)NCCc2ccc(Cl)cc2Cl)CC1. The van der Waals surface area contributed by atoms with Gasteiger partial charge in [-0.05, 0) is 43.4 Å². The van der Waals surface area contributed by atoms with Gasteiger partial charge in [0.05, 0.1) is 0 Å². The van der Waals surface area contributed by atoms with Gasteiger partial charge in [-0.2, -0.15) is 0 Å². The summed E-state index contributed by atoms with van der Waals surface area (Å²) in [5, 5.41) is 6.82. The molecule has 0 bridgehead atoms. The monoisotopic (exact) mass is 342 g/mol. The zero-order chi connectivity index (χ0) is 16.2. The number of halogens is 2. The highest BCUT2D eigenvalue weighted by Crippen LogP contribution is 2.46. The average molecular weight is 343 g/mol. The molecule has 1 aromatic rings. The van der Waals surface area contributed by atoms with Crippen molar-refractivity contribution < 1.29 is 9.59 Å². The highest BCUT2D eigenvalue weighted by Gasteiger charge is 2.56. The van der Waals surface area contributed by atoms with Crippen molar-refractivity contribution >= 4 is 35.0 Å². The molecule has 1 fully saturated rings. The van der Waals surface area contributed by atoms with Gasteiger partial charge in [-0.3, -0.25) is 9.59 Å². The molecule has 0 aromatic heterocycles. The second kappa shape index (κ2) is 7.34. The summed E-state index contributed by atoms with van der Waals surface area (Å²) in [6, 6.07) is 5.30. The lowest BCUT2D eigenvalue weighted by Gasteiger charge is -2.15. The molecule has 1 aliphatic carbocycles. The van der Waals surface area contributed by atoms with Gasteiger partial charge < -0.3 is 10.6 Å². The molecule has 0 saturated heterocycles. The molecule has 0 aliphatic heterocycles. The normalized spacial score (nSPS) is 15.2. The Labute approximate surface area is 140 Å². The van der Waals surface area contributed by atoms with Crippen molar-refractivity contribution in [2.45, 2.75) is 32.6 Å². The van der Waals surface area contributed by atoms with Crippen LogP contribution >= 0.6 is 23.2 Å². The maximum absolute atomic E-state index is 12.2. The molecule has 0 heterocycles. The van der Waals surface area contributed by atoms with Crippen molar-refractivity contribution in [1.82, 2.24) is 10.6 Å². The molecule has 0 spiro atoms. The smallest absolute Gasteiger partial charge is 0.235 e. The fraction of sp³-hybridized carbons (Fsp3) is 0.500. The average Bonchev–Trinajstić information content (AvgIpc) is 3.28. The second-order valence-corrected chi connectivity index (χ2v) is 6.42. The maximum Gasteiger partial charge on any atom is 0.235 e. The van der Waals surface area contributed by atoms with E-state index in [0.29, 0.717) is 42.4 Å². The van der Waals surface area contributed by atoms with E-state index in [0.717, 1.165) is 12.0 Å². The first-order valence-electron chi connectivity index (χ1n) is 7.50. The highest BCUT2D eigenvalue weighted by atomic mass is 35.5. The van der Waals surface area contributed by atoms with Gasteiger partial charge in [0.15, 0.2) is 0 Å². The third-order valence-electron chi connectivity index (χ3n) is 3.85. The zero-order valence-electron chi connectivity index (χ0n) is 12.5. The van der Waals surface area contributed by atoms with Gasteiger partial charge in [0.1, 0.15) is 5.41 Å². The van der Waals surface area contributed by atoms with Gasteiger partial charge in [0, 0.05) is 23.1 Å². The molecular weight excluding hydrogens is 323 g/mol. The fourth-order valence-electron chi connectivity index (χ4n) is 2.29. The molecule has 0 unspecified atom stereocenters. The molecule has 1 saturated carbocycles. The minimum absolute atomic E-state index is 0.156. The number of rotatable bonds is 7. The molecule has 2 rings (SSSR count). The molecule has 1 aliphatic rings. The van der Waals surface area contributed by atoms with Crippen molar-refractivity contribution in [1.29, 1.82) is 0 Å². The van der Waals surface area contributed by atoms with Gasteiger partial charge in [0.25, 0.3) is 0 Å². The van der Waals surface area contributed by atoms with Crippen LogP contribution in [0.25, 0.3) is 0 Å². The van der Waals surface area contributed by atoms with E-state index in [9.17, 15) is 9.59 Å². The van der Waals surface area contributed by atoms with Gasteiger partial charge in [0.2, 0.25) is 11.8 Å². The number of amides is 2.